The molecule has 0 saturated carbocycles. The van der Waals surface area contributed by atoms with Crippen LogP contribution in [0.15, 0.2) is 85.3 Å². The summed E-state index contributed by atoms with van der Waals surface area (Å²) in [7, 11) is 0. The smallest absolute Gasteiger partial charge is 0.252 e. The van der Waals surface area contributed by atoms with Crippen molar-refractivity contribution < 1.29 is 4.79 Å². The molecule has 0 bridgehead atoms. The molecule has 0 aliphatic rings. The Hall–Kier alpha value is -4.13. The van der Waals surface area contributed by atoms with Gasteiger partial charge in [0.2, 0.25) is 0 Å². The standard InChI is InChI=1S/C22H20N6O/c23-22(29)19-15-25-21(13-20(19)24-14-16-5-2-1-3-6-16)27-17-7-9-18(10-8-17)28-12-4-11-26-28/h1-13,15H,14H2,(H2,23,29)(H2,24,25,27). The second kappa shape index (κ2) is 8.26. The van der Waals surface area contributed by atoms with Crippen molar-refractivity contribution in [2.45, 2.75) is 6.54 Å². The SMILES string of the molecule is NC(=O)c1cnc(Nc2ccc(-n3cccn3)cc2)cc1NCc1ccccc1. The van der Waals surface area contributed by atoms with E-state index in [-0.39, 0.29) is 0 Å². The van der Waals surface area contributed by atoms with E-state index in [1.807, 2.05) is 66.9 Å². The first-order valence-corrected chi connectivity index (χ1v) is 9.14. The third kappa shape index (κ3) is 4.41. The summed E-state index contributed by atoms with van der Waals surface area (Å²) in [5.41, 5.74) is 9.41. The van der Waals surface area contributed by atoms with E-state index in [4.69, 9.17) is 5.73 Å². The Labute approximate surface area is 168 Å². The van der Waals surface area contributed by atoms with Crippen molar-refractivity contribution in [3.63, 3.8) is 0 Å². The van der Waals surface area contributed by atoms with Crippen LogP contribution >= 0.6 is 0 Å². The van der Waals surface area contributed by atoms with E-state index in [9.17, 15) is 4.79 Å². The number of benzene rings is 2. The minimum Gasteiger partial charge on any atom is -0.380 e. The maximum Gasteiger partial charge on any atom is 0.252 e. The molecule has 29 heavy (non-hydrogen) atoms. The molecule has 7 heteroatoms. The average Bonchev–Trinajstić information content (AvgIpc) is 3.28. The second-order valence-corrected chi connectivity index (χ2v) is 6.44. The second-order valence-electron chi connectivity index (χ2n) is 6.44. The number of hydrogen-bond acceptors (Lipinski definition) is 5. The van der Waals surface area contributed by atoms with Crippen LogP contribution in [0.1, 0.15) is 15.9 Å². The molecular weight excluding hydrogens is 364 g/mol. The Bertz CT molecular complexity index is 1090. The number of nitrogens with two attached hydrogens (primary N) is 1. The molecule has 0 saturated heterocycles. The number of primary amides is 1. The Morgan fingerprint density at radius 3 is 2.52 bits per heavy atom. The fourth-order valence-electron chi connectivity index (χ4n) is 2.93. The molecule has 0 radical (unpaired) electrons. The third-order valence-corrected chi connectivity index (χ3v) is 4.40. The molecule has 2 aromatic heterocycles. The summed E-state index contributed by atoms with van der Waals surface area (Å²) in [5, 5.41) is 10.7. The number of pyridine rings is 1. The van der Waals surface area contributed by atoms with Crippen molar-refractivity contribution in [3.05, 3.63) is 96.4 Å². The van der Waals surface area contributed by atoms with E-state index in [2.05, 4.69) is 20.7 Å². The van der Waals surface area contributed by atoms with Gasteiger partial charge in [-0.3, -0.25) is 4.79 Å². The predicted molar refractivity (Wildman–Crippen MR) is 113 cm³/mol. The Kier molecular flexibility index (Phi) is 5.20. The van der Waals surface area contributed by atoms with Crippen LogP contribution in [0.2, 0.25) is 0 Å². The number of aromatic nitrogens is 3. The van der Waals surface area contributed by atoms with Gasteiger partial charge in [-0.05, 0) is 35.9 Å². The monoisotopic (exact) mass is 384 g/mol. The summed E-state index contributed by atoms with van der Waals surface area (Å²) >= 11 is 0. The molecule has 2 heterocycles. The summed E-state index contributed by atoms with van der Waals surface area (Å²) in [6.45, 7) is 0.573. The largest absolute Gasteiger partial charge is 0.380 e. The van der Waals surface area contributed by atoms with Crippen LogP contribution in [-0.4, -0.2) is 20.7 Å². The molecular formula is C22H20N6O. The third-order valence-electron chi connectivity index (χ3n) is 4.40. The van der Waals surface area contributed by atoms with Gasteiger partial charge in [-0.1, -0.05) is 30.3 Å². The number of nitrogens with one attached hydrogen (secondary N) is 2. The Balaban J connectivity index is 1.52. The number of carbonyl (C=O) groups excluding carboxylic acids is 1. The molecule has 4 aromatic rings. The Morgan fingerprint density at radius 1 is 1.03 bits per heavy atom. The summed E-state index contributed by atoms with van der Waals surface area (Å²) in [4.78, 5) is 16.1. The lowest BCUT2D eigenvalue weighted by atomic mass is 10.2. The Morgan fingerprint density at radius 2 is 1.83 bits per heavy atom. The lowest BCUT2D eigenvalue weighted by molar-refractivity contribution is 0.100. The molecule has 4 rings (SSSR count). The maximum absolute atomic E-state index is 11.8. The number of nitrogens with zero attached hydrogens (tertiary/aromatic N) is 3. The van der Waals surface area contributed by atoms with Gasteiger partial charge in [0.15, 0.2) is 0 Å². The summed E-state index contributed by atoms with van der Waals surface area (Å²) < 4.78 is 1.79. The molecule has 0 fully saturated rings. The van der Waals surface area contributed by atoms with E-state index in [1.54, 1.807) is 16.9 Å². The van der Waals surface area contributed by atoms with Crippen LogP contribution in [0.4, 0.5) is 17.2 Å². The van der Waals surface area contributed by atoms with Crippen molar-refractivity contribution in [1.29, 1.82) is 0 Å². The van der Waals surface area contributed by atoms with Gasteiger partial charge in [0.05, 0.1) is 16.9 Å². The molecule has 2 aromatic carbocycles. The average molecular weight is 384 g/mol. The fourth-order valence-corrected chi connectivity index (χ4v) is 2.93. The normalized spacial score (nSPS) is 10.5. The first-order chi connectivity index (χ1) is 14.2. The van der Waals surface area contributed by atoms with Crippen LogP contribution in [0.25, 0.3) is 5.69 Å². The van der Waals surface area contributed by atoms with Crippen LogP contribution in [0.3, 0.4) is 0 Å². The van der Waals surface area contributed by atoms with Crippen molar-refractivity contribution in [2.24, 2.45) is 5.73 Å². The topological polar surface area (TPSA) is 97.9 Å². The molecule has 0 aliphatic heterocycles. The number of carbonyl (C=O) groups is 1. The molecule has 0 spiro atoms. The number of anilines is 3. The van der Waals surface area contributed by atoms with E-state index < -0.39 is 5.91 Å². The van der Waals surface area contributed by atoms with E-state index >= 15 is 0 Å². The van der Waals surface area contributed by atoms with Crippen molar-refractivity contribution >= 4 is 23.1 Å². The molecule has 0 atom stereocenters. The van der Waals surface area contributed by atoms with E-state index in [0.717, 1.165) is 16.9 Å². The predicted octanol–water partition coefficient (Wildman–Crippen LogP) is 3.72. The molecule has 0 unspecified atom stereocenters. The highest BCUT2D eigenvalue weighted by molar-refractivity contribution is 5.98. The minimum absolute atomic E-state index is 0.348. The lowest BCUT2D eigenvalue weighted by Gasteiger charge is -2.13. The molecule has 1 amide bonds. The molecule has 4 N–H and O–H groups in total. The van der Waals surface area contributed by atoms with Gasteiger partial charge < -0.3 is 16.4 Å². The van der Waals surface area contributed by atoms with Gasteiger partial charge in [-0.15, -0.1) is 0 Å². The van der Waals surface area contributed by atoms with Gasteiger partial charge >= 0.3 is 0 Å². The van der Waals surface area contributed by atoms with Gasteiger partial charge in [0.1, 0.15) is 5.82 Å². The first kappa shape index (κ1) is 18.2. The summed E-state index contributed by atoms with van der Waals surface area (Å²) in [5.74, 6) is 0.0839. The number of amides is 1. The van der Waals surface area contributed by atoms with Gasteiger partial charge in [-0.2, -0.15) is 5.10 Å². The molecule has 7 nitrogen and oxygen atoms in total. The van der Waals surface area contributed by atoms with Gasteiger partial charge in [-0.25, -0.2) is 9.67 Å². The highest BCUT2D eigenvalue weighted by Gasteiger charge is 2.11. The maximum atomic E-state index is 11.8. The van der Waals surface area contributed by atoms with E-state index in [1.165, 1.54) is 6.20 Å². The highest BCUT2D eigenvalue weighted by Crippen LogP contribution is 2.23. The first-order valence-electron chi connectivity index (χ1n) is 9.14. The van der Waals surface area contributed by atoms with Crippen molar-refractivity contribution in [3.8, 4) is 5.69 Å². The minimum atomic E-state index is -0.525. The number of hydrogen-bond donors (Lipinski definition) is 3. The summed E-state index contributed by atoms with van der Waals surface area (Å²) in [6, 6.07) is 21.4. The zero-order valence-electron chi connectivity index (χ0n) is 15.6. The highest BCUT2D eigenvalue weighted by atomic mass is 16.1. The molecule has 0 aliphatic carbocycles. The zero-order chi connectivity index (χ0) is 20.1. The summed E-state index contributed by atoms with van der Waals surface area (Å²) in [6.07, 6.45) is 5.10. The molecule has 144 valence electrons. The van der Waals surface area contributed by atoms with Crippen LogP contribution in [0, 0.1) is 0 Å². The van der Waals surface area contributed by atoms with Crippen LogP contribution in [-0.2, 0) is 6.54 Å². The number of rotatable bonds is 7. The van der Waals surface area contributed by atoms with E-state index in [0.29, 0.717) is 23.6 Å². The zero-order valence-corrected chi connectivity index (χ0v) is 15.6. The van der Waals surface area contributed by atoms with Gasteiger partial charge in [0, 0.05) is 36.9 Å². The van der Waals surface area contributed by atoms with Crippen LogP contribution in [0.5, 0.6) is 0 Å². The van der Waals surface area contributed by atoms with Crippen molar-refractivity contribution in [2.75, 3.05) is 10.6 Å². The lowest BCUT2D eigenvalue weighted by Crippen LogP contribution is -2.15. The van der Waals surface area contributed by atoms with Crippen LogP contribution < -0.4 is 16.4 Å². The van der Waals surface area contributed by atoms with Gasteiger partial charge in [0.25, 0.3) is 5.91 Å². The van der Waals surface area contributed by atoms with Crippen molar-refractivity contribution in [1.82, 2.24) is 14.8 Å². The fraction of sp³-hybridized carbons (Fsp3) is 0.0455. The quantitative estimate of drug-likeness (QED) is 0.451.